The zero-order valence-electron chi connectivity index (χ0n) is 8.04. The fourth-order valence-corrected chi connectivity index (χ4v) is 1.08. The number of aliphatic hydroxyl groups is 1. The smallest absolute Gasteiger partial charge is 0.0966 e. The highest BCUT2D eigenvalue weighted by Crippen LogP contribution is 2.09. The molecule has 0 saturated heterocycles. The summed E-state index contributed by atoms with van der Waals surface area (Å²) in [6, 6.07) is 7.59. The molecule has 1 N–H and O–H groups in total. The Kier molecular flexibility index (Phi) is 3.73. The average Bonchev–Trinajstić information content (AvgIpc) is 2.21. The summed E-state index contributed by atoms with van der Waals surface area (Å²) in [5.74, 6) is 5.66. The van der Waals surface area contributed by atoms with E-state index in [0.29, 0.717) is 0 Å². The van der Waals surface area contributed by atoms with Crippen LogP contribution < -0.4 is 0 Å². The van der Waals surface area contributed by atoms with Crippen molar-refractivity contribution in [2.75, 3.05) is 0 Å². The lowest BCUT2D eigenvalue weighted by Gasteiger charge is -2.00. The maximum absolute atomic E-state index is 8.92. The molecule has 1 aromatic rings. The van der Waals surface area contributed by atoms with Crippen LogP contribution >= 0.6 is 0 Å². The van der Waals surface area contributed by atoms with Gasteiger partial charge < -0.3 is 5.11 Å². The van der Waals surface area contributed by atoms with Crippen LogP contribution in [-0.2, 0) is 6.61 Å². The minimum absolute atomic E-state index is 0.0210. The molecule has 14 heavy (non-hydrogen) atoms. The third kappa shape index (κ3) is 2.62. The second-order valence-corrected chi connectivity index (χ2v) is 2.94. The first-order chi connectivity index (χ1) is 6.77. The molecule has 2 nitrogen and oxygen atoms in total. The molecule has 70 valence electrons. The molecule has 0 aliphatic rings. The van der Waals surface area contributed by atoms with E-state index >= 15 is 0 Å². The highest BCUT2D eigenvalue weighted by atomic mass is 16.3. The van der Waals surface area contributed by atoms with Crippen molar-refractivity contribution in [2.45, 2.75) is 20.0 Å². The summed E-state index contributed by atoms with van der Waals surface area (Å²) in [5, 5.41) is 17.2. The van der Waals surface area contributed by atoms with Gasteiger partial charge in [0.05, 0.1) is 19.1 Å². The Labute approximate surface area is 83.8 Å². The first-order valence-corrected chi connectivity index (χ1v) is 4.34. The van der Waals surface area contributed by atoms with E-state index in [0.717, 1.165) is 16.7 Å². The van der Waals surface area contributed by atoms with Crippen molar-refractivity contribution in [1.82, 2.24) is 0 Å². The molecule has 0 atom stereocenters. The fourth-order valence-electron chi connectivity index (χ4n) is 1.08. The lowest BCUT2D eigenvalue weighted by molar-refractivity contribution is 0.282. The molecule has 0 amide bonds. The Balaban J connectivity index is 2.98. The summed E-state index contributed by atoms with van der Waals surface area (Å²) < 4.78 is 0. The van der Waals surface area contributed by atoms with Gasteiger partial charge in [-0.3, -0.25) is 0 Å². The van der Waals surface area contributed by atoms with E-state index in [1.54, 1.807) is 0 Å². The molecule has 0 radical (unpaired) electrons. The molecule has 0 aromatic heterocycles. The Morgan fingerprint density at radius 2 is 2.21 bits per heavy atom. The summed E-state index contributed by atoms with van der Waals surface area (Å²) >= 11 is 0. The molecule has 1 aromatic carbocycles. The Hall–Kier alpha value is -1.77. The van der Waals surface area contributed by atoms with E-state index in [2.05, 4.69) is 11.8 Å². The number of nitriles is 1. The van der Waals surface area contributed by atoms with Gasteiger partial charge in [0.15, 0.2) is 0 Å². The number of benzene rings is 1. The van der Waals surface area contributed by atoms with Crippen LogP contribution in [-0.4, -0.2) is 5.11 Å². The summed E-state index contributed by atoms with van der Waals surface area (Å²) in [4.78, 5) is 0. The molecule has 0 aliphatic heterocycles. The van der Waals surface area contributed by atoms with Gasteiger partial charge in [0.25, 0.3) is 0 Å². The SMILES string of the molecule is Cc1ccc(CO)cc1C#CCC#N. The zero-order chi connectivity index (χ0) is 10.4. The number of nitrogens with zero attached hydrogens (tertiary/aromatic N) is 1. The van der Waals surface area contributed by atoms with Gasteiger partial charge in [-0.15, -0.1) is 0 Å². The lowest BCUT2D eigenvalue weighted by atomic mass is 10.1. The van der Waals surface area contributed by atoms with Crippen molar-refractivity contribution in [3.05, 3.63) is 34.9 Å². The first-order valence-electron chi connectivity index (χ1n) is 4.34. The van der Waals surface area contributed by atoms with Gasteiger partial charge >= 0.3 is 0 Å². The minimum atomic E-state index is 0.0210. The lowest BCUT2D eigenvalue weighted by Crippen LogP contribution is -1.87. The van der Waals surface area contributed by atoms with Gasteiger partial charge in [0, 0.05) is 5.56 Å². The molecule has 0 fully saturated rings. The van der Waals surface area contributed by atoms with Crippen LogP contribution in [0.25, 0.3) is 0 Å². The normalized spacial score (nSPS) is 8.64. The first kappa shape index (κ1) is 10.3. The minimum Gasteiger partial charge on any atom is -0.392 e. The van der Waals surface area contributed by atoms with E-state index in [9.17, 15) is 0 Å². The molecule has 0 unspecified atom stereocenters. The topological polar surface area (TPSA) is 44.0 Å². The summed E-state index contributed by atoms with van der Waals surface area (Å²) in [6.45, 7) is 1.98. The van der Waals surface area contributed by atoms with Crippen molar-refractivity contribution < 1.29 is 5.11 Å². The van der Waals surface area contributed by atoms with E-state index in [1.165, 1.54) is 0 Å². The van der Waals surface area contributed by atoms with Gasteiger partial charge in [0.2, 0.25) is 0 Å². The van der Waals surface area contributed by atoms with Gasteiger partial charge in [-0.25, -0.2) is 0 Å². The van der Waals surface area contributed by atoms with Crippen LogP contribution in [0.2, 0.25) is 0 Å². The van der Waals surface area contributed by atoms with Crippen molar-refractivity contribution in [3.8, 4) is 17.9 Å². The van der Waals surface area contributed by atoms with Gasteiger partial charge in [0.1, 0.15) is 0 Å². The molecule has 0 bridgehead atoms. The third-order valence-corrected chi connectivity index (χ3v) is 1.88. The Morgan fingerprint density at radius 3 is 2.86 bits per heavy atom. The highest BCUT2D eigenvalue weighted by Gasteiger charge is 1.96. The quantitative estimate of drug-likeness (QED) is 0.677. The van der Waals surface area contributed by atoms with Crippen LogP contribution in [0.15, 0.2) is 18.2 Å². The van der Waals surface area contributed by atoms with E-state index in [4.69, 9.17) is 10.4 Å². The largest absolute Gasteiger partial charge is 0.392 e. The maximum atomic E-state index is 8.92. The van der Waals surface area contributed by atoms with Gasteiger partial charge in [-0.2, -0.15) is 5.26 Å². The zero-order valence-corrected chi connectivity index (χ0v) is 8.04. The molecule has 1 rings (SSSR count). The van der Waals surface area contributed by atoms with Crippen LogP contribution in [0, 0.1) is 30.1 Å². The number of rotatable bonds is 1. The van der Waals surface area contributed by atoms with Gasteiger partial charge in [-0.05, 0) is 24.1 Å². The molecule has 0 heterocycles. The third-order valence-electron chi connectivity index (χ3n) is 1.88. The molecule has 2 heteroatoms. The summed E-state index contributed by atoms with van der Waals surface area (Å²) in [6.07, 6.45) is 0.239. The second kappa shape index (κ2) is 5.07. The van der Waals surface area contributed by atoms with Crippen molar-refractivity contribution in [3.63, 3.8) is 0 Å². The highest BCUT2D eigenvalue weighted by molar-refractivity contribution is 5.43. The predicted molar refractivity (Wildman–Crippen MR) is 54.2 cm³/mol. The van der Waals surface area contributed by atoms with Crippen LogP contribution in [0.5, 0.6) is 0 Å². The number of hydrogen-bond donors (Lipinski definition) is 1. The predicted octanol–water partition coefficient (Wildman–Crippen LogP) is 1.75. The molecule has 0 spiro atoms. The summed E-state index contributed by atoms with van der Waals surface area (Å²) in [7, 11) is 0. The Morgan fingerprint density at radius 1 is 1.43 bits per heavy atom. The van der Waals surface area contributed by atoms with Crippen LogP contribution in [0.1, 0.15) is 23.1 Å². The van der Waals surface area contributed by atoms with Gasteiger partial charge in [-0.1, -0.05) is 24.0 Å². The number of hydrogen-bond acceptors (Lipinski definition) is 2. The van der Waals surface area contributed by atoms with Crippen molar-refractivity contribution >= 4 is 0 Å². The van der Waals surface area contributed by atoms with Crippen LogP contribution in [0.4, 0.5) is 0 Å². The molecular weight excluding hydrogens is 174 g/mol. The Bertz CT molecular complexity index is 418. The molecule has 0 aliphatic carbocycles. The molecule has 0 saturated carbocycles. The monoisotopic (exact) mass is 185 g/mol. The van der Waals surface area contributed by atoms with E-state index < -0.39 is 0 Å². The van der Waals surface area contributed by atoms with E-state index in [1.807, 2.05) is 31.2 Å². The second-order valence-electron chi connectivity index (χ2n) is 2.94. The van der Waals surface area contributed by atoms with Crippen molar-refractivity contribution in [1.29, 1.82) is 5.26 Å². The van der Waals surface area contributed by atoms with E-state index in [-0.39, 0.29) is 13.0 Å². The average molecular weight is 185 g/mol. The number of aryl methyl sites for hydroxylation is 1. The fraction of sp³-hybridized carbons (Fsp3) is 0.250. The molecular formula is C12H11NO. The van der Waals surface area contributed by atoms with Crippen LogP contribution in [0.3, 0.4) is 0 Å². The standard InChI is InChI=1S/C12H11NO/c1-10-5-6-11(9-14)8-12(10)4-2-3-7-13/h5-6,8,14H,3,9H2,1H3. The maximum Gasteiger partial charge on any atom is 0.0966 e. The number of aliphatic hydroxyl groups excluding tert-OH is 1. The summed E-state index contributed by atoms with van der Waals surface area (Å²) in [5.41, 5.74) is 2.79. The van der Waals surface area contributed by atoms with Crippen molar-refractivity contribution in [2.24, 2.45) is 0 Å².